The first-order valence-electron chi connectivity index (χ1n) is 16.4. The maximum absolute atomic E-state index is 6.20. The van der Waals surface area contributed by atoms with Crippen LogP contribution in [0.4, 0.5) is 11.6 Å². The normalized spacial score (nSPS) is 16.6. The number of pyridine rings is 2. The highest BCUT2D eigenvalue weighted by Crippen LogP contribution is 2.48. The molecule has 0 amide bonds. The van der Waals surface area contributed by atoms with Gasteiger partial charge in [-0.1, -0.05) is 76.1 Å². The molecule has 2 N–H and O–H groups in total. The van der Waals surface area contributed by atoms with E-state index in [4.69, 9.17) is 33.4 Å². The smallest absolute Gasteiger partial charge is 0.129 e. The molecule has 8 rings (SSSR count). The predicted octanol–water partition coefficient (Wildman–Crippen LogP) is 10.2. The highest BCUT2D eigenvalue weighted by atomic mass is 79.9. The van der Waals surface area contributed by atoms with Gasteiger partial charge in [-0.3, -0.25) is 19.3 Å². The summed E-state index contributed by atoms with van der Waals surface area (Å²) in [6, 6.07) is 23.8. The lowest BCUT2D eigenvalue weighted by atomic mass is 9.97. The third kappa shape index (κ3) is 7.45. The quantitative estimate of drug-likeness (QED) is 0.178. The van der Waals surface area contributed by atoms with E-state index in [1.807, 2.05) is 114 Å². The molecule has 0 bridgehead atoms. The first-order chi connectivity index (χ1) is 24.8. The van der Waals surface area contributed by atoms with Crippen molar-refractivity contribution in [2.45, 2.75) is 10.5 Å². The summed E-state index contributed by atoms with van der Waals surface area (Å²) in [5.41, 5.74) is 9.40. The van der Waals surface area contributed by atoms with Crippen molar-refractivity contribution in [3.8, 4) is 22.8 Å². The number of anilines is 2. The highest BCUT2D eigenvalue weighted by Gasteiger charge is 2.32. The minimum Gasteiger partial charge on any atom is -0.369 e. The predicted molar refractivity (Wildman–Crippen MR) is 219 cm³/mol. The van der Waals surface area contributed by atoms with Crippen molar-refractivity contribution >= 4 is 80.4 Å². The van der Waals surface area contributed by atoms with Gasteiger partial charge >= 0.3 is 0 Å². The van der Waals surface area contributed by atoms with Crippen molar-refractivity contribution in [1.82, 2.24) is 29.5 Å². The van der Waals surface area contributed by atoms with Crippen LogP contribution in [-0.2, 0) is 14.1 Å². The van der Waals surface area contributed by atoms with Crippen LogP contribution in [0.5, 0.6) is 0 Å². The van der Waals surface area contributed by atoms with Crippen molar-refractivity contribution < 1.29 is 0 Å². The minimum atomic E-state index is 0.135. The maximum Gasteiger partial charge on any atom is 0.129 e. The molecule has 6 aromatic rings. The molecule has 13 heteroatoms. The lowest BCUT2D eigenvalue weighted by molar-refractivity contribution is 0.773. The van der Waals surface area contributed by atoms with Crippen molar-refractivity contribution in [2.24, 2.45) is 14.1 Å². The molecule has 8 nitrogen and oxygen atoms in total. The molecular formula is C38H35BrCl2N8S2. The van der Waals surface area contributed by atoms with E-state index >= 15 is 0 Å². The fourth-order valence-corrected chi connectivity index (χ4v) is 10.1. The molecule has 0 radical (unpaired) electrons. The van der Waals surface area contributed by atoms with Gasteiger partial charge in [-0.15, -0.1) is 23.5 Å². The standard InChI is InChI=1S/C20H19ClN4S.C18H16BrClN4S/c1-3-13-12-14(21)7-8-15(13)19-17-18(16-6-4-5-9-22-16)24-25(2)20(17)23-10-11-26-19;1-24-18-15(16(23-24)14-4-2-3-7-21-14)17(25-9-8-22-18)12-6-5-11(20)10-13(12)19/h3-9,12,19,23H,1,10-11H2,2H3;2-7,10,17,22H,8-9H2,1H3. The first-order valence-corrected chi connectivity index (χ1v) is 20.0. The summed E-state index contributed by atoms with van der Waals surface area (Å²) < 4.78 is 4.85. The SMILES string of the molecule is C=Cc1cc(Cl)ccc1C1SCCNc2c1c(-c1ccccn1)nn2C.Cn1nc(-c2ccccn2)c2c1NCCSC2c1ccc(Cl)cc1Br. The van der Waals surface area contributed by atoms with E-state index in [-0.39, 0.29) is 10.5 Å². The molecule has 0 saturated carbocycles. The number of nitrogens with zero attached hydrogens (tertiary/aromatic N) is 6. The molecule has 2 aliphatic rings. The molecule has 0 spiro atoms. The van der Waals surface area contributed by atoms with Gasteiger partial charge < -0.3 is 10.6 Å². The number of hydrogen-bond donors (Lipinski definition) is 2. The number of aromatic nitrogens is 6. The molecule has 0 fully saturated rings. The van der Waals surface area contributed by atoms with Gasteiger partial charge in [0.05, 0.1) is 21.9 Å². The summed E-state index contributed by atoms with van der Waals surface area (Å²) in [5.74, 6) is 4.11. The van der Waals surface area contributed by atoms with Crippen LogP contribution < -0.4 is 10.6 Å². The zero-order valence-electron chi connectivity index (χ0n) is 28.0. The van der Waals surface area contributed by atoms with E-state index in [2.05, 4.69) is 55.2 Å². The summed E-state index contributed by atoms with van der Waals surface area (Å²) >= 11 is 19.8. The molecule has 2 aromatic carbocycles. The number of aryl methyl sites for hydroxylation is 2. The van der Waals surface area contributed by atoms with Crippen LogP contribution in [0.3, 0.4) is 0 Å². The van der Waals surface area contributed by atoms with Gasteiger partial charge in [-0.2, -0.15) is 10.2 Å². The van der Waals surface area contributed by atoms with E-state index in [9.17, 15) is 0 Å². The number of thioether (sulfide) groups is 2. The number of nitrogens with one attached hydrogen (secondary N) is 2. The Morgan fingerprint density at radius 1 is 0.745 bits per heavy atom. The topological polar surface area (TPSA) is 85.5 Å². The Bertz CT molecular complexity index is 2170. The molecule has 6 heterocycles. The fourth-order valence-electron chi connectivity index (χ4n) is 6.41. The van der Waals surface area contributed by atoms with Gasteiger partial charge in [-0.25, -0.2) is 0 Å². The van der Waals surface area contributed by atoms with E-state index in [0.717, 1.165) is 79.1 Å². The summed E-state index contributed by atoms with van der Waals surface area (Å²) in [7, 11) is 3.95. The van der Waals surface area contributed by atoms with Gasteiger partial charge in [0.25, 0.3) is 0 Å². The second kappa shape index (κ2) is 15.9. The van der Waals surface area contributed by atoms with Gasteiger partial charge in [0, 0.05) is 76.7 Å². The van der Waals surface area contributed by atoms with Crippen molar-refractivity contribution in [3.05, 3.63) is 134 Å². The Kier molecular flexibility index (Phi) is 11.1. The molecule has 260 valence electrons. The molecule has 51 heavy (non-hydrogen) atoms. The van der Waals surface area contributed by atoms with Crippen LogP contribution in [-0.4, -0.2) is 54.1 Å². The Morgan fingerprint density at radius 3 is 1.75 bits per heavy atom. The fraction of sp³-hybridized carbons (Fsp3) is 0.211. The zero-order valence-corrected chi connectivity index (χ0v) is 32.7. The van der Waals surface area contributed by atoms with Crippen molar-refractivity contribution in [1.29, 1.82) is 0 Å². The Balaban J connectivity index is 0.000000159. The Hall–Kier alpha value is -3.74. The number of hydrogen-bond acceptors (Lipinski definition) is 8. The number of halogens is 3. The lowest BCUT2D eigenvalue weighted by Crippen LogP contribution is -2.06. The van der Waals surface area contributed by atoms with E-state index in [1.165, 1.54) is 22.3 Å². The second-order valence-electron chi connectivity index (χ2n) is 11.9. The van der Waals surface area contributed by atoms with Crippen molar-refractivity contribution in [2.75, 3.05) is 35.2 Å². The highest BCUT2D eigenvalue weighted by molar-refractivity contribution is 9.10. The molecule has 4 aromatic heterocycles. The summed E-state index contributed by atoms with van der Waals surface area (Å²) in [4.78, 5) is 9.05. The van der Waals surface area contributed by atoms with Crippen LogP contribution in [0.15, 0.2) is 96.2 Å². The van der Waals surface area contributed by atoms with E-state index < -0.39 is 0 Å². The first kappa shape index (κ1) is 35.7. The average Bonchev–Trinajstić information content (AvgIpc) is 3.42. The number of fused-ring (bicyclic) bond motifs is 2. The molecule has 2 unspecified atom stereocenters. The zero-order chi connectivity index (χ0) is 35.5. The summed E-state index contributed by atoms with van der Waals surface area (Å²) in [5, 5.41) is 18.3. The monoisotopic (exact) mass is 816 g/mol. The summed E-state index contributed by atoms with van der Waals surface area (Å²) in [6.45, 7) is 5.77. The Labute approximate surface area is 324 Å². The lowest BCUT2D eigenvalue weighted by Gasteiger charge is -2.19. The van der Waals surface area contributed by atoms with Crippen LogP contribution in [0.2, 0.25) is 10.0 Å². The van der Waals surface area contributed by atoms with Gasteiger partial charge in [0.15, 0.2) is 0 Å². The van der Waals surface area contributed by atoms with Crippen LogP contribution >= 0.6 is 62.7 Å². The van der Waals surface area contributed by atoms with Crippen LogP contribution in [0.25, 0.3) is 28.9 Å². The van der Waals surface area contributed by atoms with E-state index in [1.54, 1.807) is 12.4 Å². The molecular weight excluding hydrogens is 783 g/mol. The third-order valence-electron chi connectivity index (χ3n) is 8.66. The van der Waals surface area contributed by atoms with Crippen LogP contribution in [0.1, 0.15) is 38.3 Å². The van der Waals surface area contributed by atoms with E-state index in [0.29, 0.717) is 0 Å². The number of benzene rings is 2. The third-order valence-corrected chi connectivity index (χ3v) is 12.3. The average molecular weight is 819 g/mol. The van der Waals surface area contributed by atoms with Gasteiger partial charge in [0.2, 0.25) is 0 Å². The minimum absolute atomic E-state index is 0.135. The van der Waals surface area contributed by atoms with Crippen LogP contribution in [0, 0.1) is 0 Å². The van der Waals surface area contributed by atoms with Crippen molar-refractivity contribution in [3.63, 3.8) is 0 Å². The largest absolute Gasteiger partial charge is 0.369 e. The van der Waals surface area contributed by atoms with Gasteiger partial charge in [0.1, 0.15) is 23.0 Å². The summed E-state index contributed by atoms with van der Waals surface area (Å²) in [6.07, 6.45) is 5.48. The maximum atomic E-state index is 6.20. The number of rotatable bonds is 5. The molecule has 2 atom stereocenters. The Morgan fingerprint density at radius 2 is 1.25 bits per heavy atom. The molecule has 0 saturated heterocycles. The van der Waals surface area contributed by atoms with Gasteiger partial charge in [-0.05, 0) is 65.2 Å². The molecule has 2 aliphatic heterocycles. The molecule has 0 aliphatic carbocycles. The second-order valence-corrected chi connectivity index (χ2v) is 16.1.